The van der Waals surface area contributed by atoms with E-state index in [2.05, 4.69) is 29.5 Å². The van der Waals surface area contributed by atoms with Crippen molar-refractivity contribution < 1.29 is 4.74 Å². The maximum absolute atomic E-state index is 5.43. The van der Waals surface area contributed by atoms with E-state index in [4.69, 9.17) is 4.74 Å². The molecule has 1 heterocycles. The molecule has 1 aromatic heterocycles. The Bertz CT molecular complexity index is 238. The lowest BCUT2D eigenvalue weighted by Gasteiger charge is -2.16. The zero-order chi connectivity index (χ0) is 10.4. The molecule has 0 aliphatic rings. The molecular formula is C10H18N2OS. The summed E-state index contributed by atoms with van der Waals surface area (Å²) < 4.78 is 5.43. The highest BCUT2D eigenvalue weighted by Crippen LogP contribution is 2.11. The van der Waals surface area contributed by atoms with E-state index in [1.807, 2.05) is 12.4 Å². The van der Waals surface area contributed by atoms with Crippen LogP contribution in [0.25, 0.3) is 0 Å². The van der Waals surface area contributed by atoms with Crippen LogP contribution in [0.3, 0.4) is 0 Å². The van der Waals surface area contributed by atoms with Gasteiger partial charge in [-0.25, -0.2) is 4.98 Å². The number of ether oxygens (including phenoxy) is 1. The molecule has 1 N–H and O–H groups in total. The molecule has 1 aromatic rings. The van der Waals surface area contributed by atoms with Crippen LogP contribution in [0, 0.1) is 0 Å². The van der Waals surface area contributed by atoms with Crippen molar-refractivity contribution in [2.75, 3.05) is 13.2 Å². The van der Waals surface area contributed by atoms with Gasteiger partial charge in [0.25, 0.3) is 0 Å². The molecule has 0 aliphatic carbocycles. The molecule has 2 unspecified atom stereocenters. The molecule has 0 fully saturated rings. The maximum Gasteiger partial charge on any atom is 0.0795 e. The molecule has 0 saturated heterocycles. The second kappa shape index (κ2) is 6.11. The minimum Gasteiger partial charge on any atom is -0.377 e. The largest absolute Gasteiger partial charge is 0.377 e. The molecule has 0 aromatic carbocycles. The molecule has 2 atom stereocenters. The molecule has 0 amide bonds. The predicted octanol–water partition coefficient (Wildman–Crippen LogP) is 2.22. The van der Waals surface area contributed by atoms with Crippen LogP contribution in [0.5, 0.6) is 0 Å². The van der Waals surface area contributed by atoms with Crippen molar-refractivity contribution in [1.29, 1.82) is 0 Å². The Morgan fingerprint density at radius 3 is 2.93 bits per heavy atom. The third-order valence-corrected chi connectivity index (χ3v) is 2.66. The van der Waals surface area contributed by atoms with Crippen molar-refractivity contribution in [2.45, 2.75) is 32.9 Å². The standard InChI is InChI=1S/C10H18N2OS/c1-4-13-8(2)5-11-9(3)10-6-14-7-12-10/h6-9,11H,4-5H2,1-3H3. The number of nitrogens with one attached hydrogen (secondary N) is 1. The summed E-state index contributed by atoms with van der Waals surface area (Å²) in [6.07, 6.45) is 0.265. The van der Waals surface area contributed by atoms with Crippen LogP contribution in [0.15, 0.2) is 10.9 Å². The van der Waals surface area contributed by atoms with E-state index >= 15 is 0 Å². The molecule has 0 bridgehead atoms. The van der Waals surface area contributed by atoms with E-state index in [1.54, 1.807) is 11.3 Å². The Kier molecular flexibility index (Phi) is 5.07. The van der Waals surface area contributed by atoms with Gasteiger partial charge in [-0.3, -0.25) is 0 Å². The maximum atomic E-state index is 5.43. The summed E-state index contributed by atoms with van der Waals surface area (Å²) in [5.41, 5.74) is 2.97. The molecule has 0 aliphatic heterocycles. The van der Waals surface area contributed by atoms with Gasteiger partial charge in [-0.05, 0) is 20.8 Å². The lowest BCUT2D eigenvalue weighted by Crippen LogP contribution is -2.29. The van der Waals surface area contributed by atoms with Crippen LogP contribution in [-0.4, -0.2) is 24.2 Å². The van der Waals surface area contributed by atoms with Crippen molar-refractivity contribution >= 4 is 11.3 Å². The molecule has 14 heavy (non-hydrogen) atoms. The van der Waals surface area contributed by atoms with Crippen molar-refractivity contribution in [3.63, 3.8) is 0 Å². The number of rotatable bonds is 6. The lowest BCUT2D eigenvalue weighted by molar-refractivity contribution is 0.0743. The molecule has 3 nitrogen and oxygen atoms in total. The molecule has 0 spiro atoms. The van der Waals surface area contributed by atoms with Crippen molar-refractivity contribution in [3.8, 4) is 0 Å². The van der Waals surface area contributed by atoms with E-state index in [1.165, 1.54) is 0 Å². The smallest absolute Gasteiger partial charge is 0.0795 e. The highest BCUT2D eigenvalue weighted by molar-refractivity contribution is 7.07. The predicted molar refractivity (Wildman–Crippen MR) is 59.6 cm³/mol. The molecule has 0 radical (unpaired) electrons. The topological polar surface area (TPSA) is 34.1 Å². The first-order valence-electron chi connectivity index (χ1n) is 4.97. The Morgan fingerprint density at radius 1 is 1.57 bits per heavy atom. The zero-order valence-electron chi connectivity index (χ0n) is 8.99. The summed E-state index contributed by atoms with van der Waals surface area (Å²) in [7, 11) is 0. The third-order valence-electron chi connectivity index (χ3n) is 2.06. The van der Waals surface area contributed by atoms with Crippen LogP contribution >= 0.6 is 11.3 Å². The number of nitrogens with zero attached hydrogens (tertiary/aromatic N) is 1. The highest BCUT2D eigenvalue weighted by Gasteiger charge is 2.08. The van der Waals surface area contributed by atoms with E-state index in [0.717, 1.165) is 18.8 Å². The summed E-state index contributed by atoms with van der Waals surface area (Å²) in [4.78, 5) is 4.26. The quantitative estimate of drug-likeness (QED) is 0.788. The van der Waals surface area contributed by atoms with Gasteiger partial charge in [0.1, 0.15) is 0 Å². The van der Waals surface area contributed by atoms with Gasteiger partial charge in [-0.15, -0.1) is 11.3 Å². The molecule has 80 valence electrons. The summed E-state index contributed by atoms with van der Waals surface area (Å²) in [6.45, 7) is 7.85. The number of hydrogen-bond donors (Lipinski definition) is 1. The minimum atomic E-state index is 0.265. The first kappa shape index (κ1) is 11.6. The molecular weight excluding hydrogens is 196 g/mol. The second-order valence-electron chi connectivity index (χ2n) is 3.31. The van der Waals surface area contributed by atoms with Gasteiger partial charge < -0.3 is 10.1 Å². The van der Waals surface area contributed by atoms with Crippen molar-refractivity contribution in [2.24, 2.45) is 0 Å². The third kappa shape index (κ3) is 3.74. The van der Waals surface area contributed by atoms with E-state index < -0.39 is 0 Å². The fraction of sp³-hybridized carbons (Fsp3) is 0.700. The van der Waals surface area contributed by atoms with Gasteiger partial charge in [0, 0.05) is 24.6 Å². The van der Waals surface area contributed by atoms with Crippen LogP contribution in [0.2, 0.25) is 0 Å². The Balaban J connectivity index is 2.24. The highest BCUT2D eigenvalue weighted by atomic mass is 32.1. The fourth-order valence-electron chi connectivity index (χ4n) is 1.23. The van der Waals surface area contributed by atoms with Gasteiger partial charge >= 0.3 is 0 Å². The number of thiazole rings is 1. The molecule has 1 rings (SSSR count). The van der Waals surface area contributed by atoms with Crippen LogP contribution in [0.4, 0.5) is 0 Å². The normalized spacial score (nSPS) is 15.4. The van der Waals surface area contributed by atoms with Gasteiger partial charge in [0.15, 0.2) is 0 Å². The van der Waals surface area contributed by atoms with Crippen molar-refractivity contribution in [3.05, 3.63) is 16.6 Å². The Hall–Kier alpha value is -0.450. The van der Waals surface area contributed by atoms with Gasteiger partial charge in [-0.1, -0.05) is 0 Å². The summed E-state index contributed by atoms with van der Waals surface area (Å²) in [5, 5.41) is 5.46. The SMILES string of the molecule is CCOC(C)CNC(C)c1cscn1. The van der Waals surface area contributed by atoms with Crippen LogP contribution in [-0.2, 0) is 4.74 Å². The summed E-state index contributed by atoms with van der Waals surface area (Å²) in [6, 6.07) is 0.309. The molecule has 0 saturated carbocycles. The van der Waals surface area contributed by atoms with Gasteiger partial charge in [0.2, 0.25) is 0 Å². The average molecular weight is 214 g/mol. The first-order chi connectivity index (χ1) is 6.74. The molecule has 4 heteroatoms. The minimum absolute atomic E-state index is 0.265. The Labute approximate surface area is 89.5 Å². The summed E-state index contributed by atoms with van der Waals surface area (Å²) >= 11 is 1.63. The van der Waals surface area contributed by atoms with E-state index in [9.17, 15) is 0 Å². The summed E-state index contributed by atoms with van der Waals surface area (Å²) in [5.74, 6) is 0. The van der Waals surface area contributed by atoms with Crippen LogP contribution in [0.1, 0.15) is 32.5 Å². The van der Waals surface area contributed by atoms with E-state index in [0.29, 0.717) is 6.04 Å². The lowest BCUT2D eigenvalue weighted by atomic mass is 10.2. The monoisotopic (exact) mass is 214 g/mol. The van der Waals surface area contributed by atoms with Crippen molar-refractivity contribution in [1.82, 2.24) is 10.3 Å². The van der Waals surface area contributed by atoms with Gasteiger partial charge in [-0.2, -0.15) is 0 Å². The average Bonchev–Trinajstić information content (AvgIpc) is 2.67. The van der Waals surface area contributed by atoms with Gasteiger partial charge in [0.05, 0.1) is 17.3 Å². The Morgan fingerprint density at radius 2 is 2.36 bits per heavy atom. The number of aromatic nitrogens is 1. The fourth-order valence-corrected chi connectivity index (χ4v) is 1.87. The van der Waals surface area contributed by atoms with E-state index in [-0.39, 0.29) is 6.10 Å². The first-order valence-corrected chi connectivity index (χ1v) is 5.91. The second-order valence-corrected chi connectivity index (χ2v) is 4.03. The zero-order valence-corrected chi connectivity index (χ0v) is 9.80. The number of hydrogen-bond acceptors (Lipinski definition) is 4. The van der Waals surface area contributed by atoms with Crippen LogP contribution < -0.4 is 5.32 Å².